The van der Waals surface area contributed by atoms with Crippen LogP contribution in [0.25, 0.3) is 0 Å². The molecule has 1 fully saturated rings. The van der Waals surface area contributed by atoms with Crippen LogP contribution < -0.4 is 10.1 Å². The Bertz CT molecular complexity index is 433. The maximum atomic E-state index is 6.08. The molecule has 0 amide bonds. The molecule has 1 saturated carbocycles. The fourth-order valence-electron chi connectivity index (χ4n) is 2.79. The van der Waals surface area contributed by atoms with E-state index in [4.69, 9.17) is 4.74 Å². The molecule has 118 valence electrons. The number of hydrogen-bond acceptors (Lipinski definition) is 3. The van der Waals surface area contributed by atoms with Crippen LogP contribution in [0.2, 0.25) is 0 Å². The fraction of sp³-hybridized carbons (Fsp3) is 0.722. The van der Waals surface area contributed by atoms with Crippen LogP contribution in [0.5, 0.6) is 5.88 Å². The van der Waals surface area contributed by atoms with Gasteiger partial charge in [0.2, 0.25) is 5.88 Å². The van der Waals surface area contributed by atoms with Crippen LogP contribution in [0.3, 0.4) is 0 Å². The molecule has 1 aromatic rings. The van der Waals surface area contributed by atoms with E-state index < -0.39 is 0 Å². The summed E-state index contributed by atoms with van der Waals surface area (Å²) in [7, 11) is 0. The van der Waals surface area contributed by atoms with Crippen molar-refractivity contribution in [2.24, 2.45) is 11.3 Å². The van der Waals surface area contributed by atoms with Crippen molar-refractivity contribution in [3.8, 4) is 5.88 Å². The molecule has 3 heteroatoms. The maximum absolute atomic E-state index is 6.08. The summed E-state index contributed by atoms with van der Waals surface area (Å²) in [5.41, 5.74) is 1.73. The molecule has 0 aliphatic heterocycles. The van der Waals surface area contributed by atoms with E-state index in [1.807, 2.05) is 6.20 Å². The first-order chi connectivity index (χ1) is 9.94. The highest BCUT2D eigenvalue weighted by atomic mass is 16.5. The Hall–Kier alpha value is -1.09. The molecular weight excluding hydrogens is 260 g/mol. The van der Waals surface area contributed by atoms with Crippen molar-refractivity contribution in [1.82, 2.24) is 10.3 Å². The summed E-state index contributed by atoms with van der Waals surface area (Å²) in [6.45, 7) is 11.1. The second-order valence-corrected chi connectivity index (χ2v) is 7.51. The molecule has 0 aromatic carbocycles. The minimum Gasteiger partial charge on any atom is -0.474 e. The standard InChI is InChI=1S/C18H30N2O/c1-14(2)12-19-13-15-7-10-20-17(11-15)21-16-5-8-18(3,4)9-6-16/h7,10-11,14,16,19H,5-6,8-9,12-13H2,1-4H3. The molecule has 0 spiro atoms. The Morgan fingerprint density at radius 2 is 2.05 bits per heavy atom. The molecule has 1 N–H and O–H groups in total. The molecule has 0 unspecified atom stereocenters. The van der Waals surface area contributed by atoms with Gasteiger partial charge in [0.15, 0.2) is 0 Å². The summed E-state index contributed by atoms with van der Waals surface area (Å²) in [5, 5.41) is 3.46. The molecule has 0 saturated heterocycles. The van der Waals surface area contributed by atoms with Gasteiger partial charge in [0.25, 0.3) is 0 Å². The summed E-state index contributed by atoms with van der Waals surface area (Å²) in [5.74, 6) is 1.46. The Balaban J connectivity index is 1.83. The molecule has 1 aliphatic carbocycles. The lowest BCUT2D eigenvalue weighted by molar-refractivity contribution is 0.0948. The summed E-state index contributed by atoms with van der Waals surface area (Å²) in [6.07, 6.45) is 6.97. The third-order valence-corrected chi connectivity index (χ3v) is 4.25. The van der Waals surface area contributed by atoms with E-state index in [9.17, 15) is 0 Å². The number of nitrogens with zero attached hydrogens (tertiary/aromatic N) is 1. The normalized spacial score (nSPS) is 18.9. The molecule has 3 nitrogen and oxygen atoms in total. The zero-order valence-electron chi connectivity index (χ0n) is 14.0. The van der Waals surface area contributed by atoms with E-state index in [0.29, 0.717) is 17.4 Å². The van der Waals surface area contributed by atoms with Gasteiger partial charge in [-0.1, -0.05) is 27.7 Å². The molecule has 1 aliphatic rings. The second-order valence-electron chi connectivity index (χ2n) is 7.51. The van der Waals surface area contributed by atoms with Crippen LogP contribution in [0.1, 0.15) is 58.9 Å². The van der Waals surface area contributed by atoms with E-state index in [0.717, 1.165) is 31.8 Å². The average molecular weight is 290 g/mol. The predicted octanol–water partition coefficient (Wildman–Crippen LogP) is 4.17. The van der Waals surface area contributed by atoms with Crippen LogP contribution in [0.15, 0.2) is 18.3 Å². The highest BCUT2D eigenvalue weighted by Gasteiger charge is 2.27. The average Bonchev–Trinajstić information content (AvgIpc) is 2.41. The third-order valence-electron chi connectivity index (χ3n) is 4.25. The number of ether oxygens (including phenoxy) is 1. The molecule has 0 atom stereocenters. The molecule has 1 heterocycles. The van der Waals surface area contributed by atoms with Gasteiger partial charge in [-0.3, -0.25) is 0 Å². The maximum Gasteiger partial charge on any atom is 0.213 e. The van der Waals surface area contributed by atoms with Gasteiger partial charge in [-0.25, -0.2) is 4.98 Å². The lowest BCUT2D eigenvalue weighted by Gasteiger charge is -2.34. The Morgan fingerprint density at radius 3 is 2.71 bits per heavy atom. The second kappa shape index (κ2) is 7.26. The van der Waals surface area contributed by atoms with Gasteiger partial charge in [-0.15, -0.1) is 0 Å². The summed E-state index contributed by atoms with van der Waals surface area (Å²) >= 11 is 0. The Morgan fingerprint density at radius 1 is 1.33 bits per heavy atom. The molecule has 1 aromatic heterocycles. The first-order valence-corrected chi connectivity index (χ1v) is 8.27. The number of nitrogens with one attached hydrogen (secondary N) is 1. The lowest BCUT2D eigenvalue weighted by Crippen LogP contribution is -2.28. The Kier molecular flexibility index (Phi) is 5.63. The van der Waals surface area contributed by atoms with Gasteiger partial charge in [-0.05, 0) is 55.2 Å². The van der Waals surface area contributed by atoms with Crippen LogP contribution in [-0.2, 0) is 6.54 Å². The minimum absolute atomic E-state index is 0.337. The molecular formula is C18H30N2O. The van der Waals surface area contributed by atoms with E-state index in [2.05, 4.69) is 50.1 Å². The van der Waals surface area contributed by atoms with Crippen molar-refractivity contribution in [2.45, 2.75) is 66.0 Å². The van der Waals surface area contributed by atoms with Gasteiger partial charge in [0.05, 0.1) is 0 Å². The van der Waals surface area contributed by atoms with Crippen molar-refractivity contribution in [3.63, 3.8) is 0 Å². The van der Waals surface area contributed by atoms with Gasteiger partial charge in [0.1, 0.15) is 6.10 Å². The number of aromatic nitrogens is 1. The third kappa shape index (κ3) is 5.66. The summed E-state index contributed by atoms with van der Waals surface area (Å²) in [4.78, 5) is 4.36. The summed E-state index contributed by atoms with van der Waals surface area (Å²) in [6, 6.07) is 4.14. The first-order valence-electron chi connectivity index (χ1n) is 8.27. The van der Waals surface area contributed by atoms with Crippen LogP contribution in [-0.4, -0.2) is 17.6 Å². The number of hydrogen-bond donors (Lipinski definition) is 1. The number of pyridine rings is 1. The van der Waals surface area contributed by atoms with Gasteiger partial charge < -0.3 is 10.1 Å². The minimum atomic E-state index is 0.337. The smallest absolute Gasteiger partial charge is 0.213 e. The van der Waals surface area contributed by atoms with E-state index in [1.54, 1.807) is 0 Å². The predicted molar refractivity (Wildman–Crippen MR) is 87.4 cm³/mol. The van der Waals surface area contributed by atoms with Crippen LogP contribution >= 0.6 is 0 Å². The Labute approximate surface area is 129 Å². The van der Waals surface area contributed by atoms with Crippen molar-refractivity contribution < 1.29 is 4.74 Å². The molecule has 21 heavy (non-hydrogen) atoms. The van der Waals surface area contributed by atoms with Crippen LogP contribution in [0.4, 0.5) is 0 Å². The fourth-order valence-corrected chi connectivity index (χ4v) is 2.79. The zero-order chi connectivity index (χ0) is 15.3. The first kappa shape index (κ1) is 16.3. The van der Waals surface area contributed by atoms with Crippen molar-refractivity contribution >= 4 is 0 Å². The van der Waals surface area contributed by atoms with Crippen LogP contribution in [0, 0.1) is 11.3 Å². The SMILES string of the molecule is CC(C)CNCc1ccnc(OC2CCC(C)(C)CC2)c1. The van der Waals surface area contributed by atoms with Gasteiger partial charge >= 0.3 is 0 Å². The molecule has 2 rings (SSSR count). The molecule has 0 bridgehead atoms. The van der Waals surface area contributed by atoms with E-state index >= 15 is 0 Å². The quantitative estimate of drug-likeness (QED) is 0.853. The van der Waals surface area contributed by atoms with Gasteiger partial charge in [0, 0.05) is 18.8 Å². The number of rotatable bonds is 6. The molecule has 0 radical (unpaired) electrons. The highest BCUT2D eigenvalue weighted by Crippen LogP contribution is 2.36. The lowest BCUT2D eigenvalue weighted by atomic mass is 9.76. The van der Waals surface area contributed by atoms with E-state index in [-0.39, 0.29) is 0 Å². The van der Waals surface area contributed by atoms with Crippen molar-refractivity contribution in [1.29, 1.82) is 0 Å². The zero-order valence-corrected chi connectivity index (χ0v) is 14.0. The van der Waals surface area contributed by atoms with E-state index in [1.165, 1.54) is 18.4 Å². The van der Waals surface area contributed by atoms with Gasteiger partial charge in [-0.2, -0.15) is 0 Å². The monoisotopic (exact) mass is 290 g/mol. The van der Waals surface area contributed by atoms with Crippen molar-refractivity contribution in [3.05, 3.63) is 23.9 Å². The van der Waals surface area contributed by atoms with Crippen molar-refractivity contribution in [2.75, 3.05) is 6.54 Å². The topological polar surface area (TPSA) is 34.2 Å². The highest BCUT2D eigenvalue weighted by molar-refractivity contribution is 5.20. The largest absolute Gasteiger partial charge is 0.474 e. The summed E-state index contributed by atoms with van der Waals surface area (Å²) < 4.78 is 6.08.